The number of pyridine rings is 5. The Hall–Kier alpha value is -7.92. The molecule has 26 heteroatoms. The number of hydrogen-bond donors (Lipinski definition) is 2. The smallest absolute Gasteiger partial charge is 0.249 e. The van der Waals surface area contributed by atoms with E-state index in [-0.39, 0.29) is 36.8 Å². The van der Waals surface area contributed by atoms with Crippen LogP contribution in [0.2, 0.25) is 0 Å². The second-order valence-electron chi connectivity index (χ2n) is 19.9. The van der Waals surface area contributed by atoms with Crippen LogP contribution in [0.5, 0.6) is 0 Å². The Morgan fingerprint density at radius 3 is 1.30 bits per heavy atom. The van der Waals surface area contributed by atoms with Gasteiger partial charge in [-0.3, -0.25) is 25.1 Å². The first-order valence-electron chi connectivity index (χ1n) is 27.0. The molecule has 0 aliphatic carbocycles. The molecule has 0 amide bonds. The maximum absolute atomic E-state index is 14.4. The van der Waals surface area contributed by atoms with Crippen molar-refractivity contribution in [2.45, 2.75) is 81.3 Å². The molecule has 0 radical (unpaired) electrons. The van der Waals surface area contributed by atoms with Gasteiger partial charge in [0.2, 0.25) is 59.9 Å². The second-order valence-corrected chi connectivity index (χ2v) is 31.7. The van der Waals surface area contributed by atoms with Crippen LogP contribution in [0.3, 0.4) is 0 Å². The maximum Gasteiger partial charge on any atom is 0.249 e. The summed E-state index contributed by atoms with van der Waals surface area (Å²) in [6.45, 7) is 9.58. The molecule has 13 aromatic rings. The van der Waals surface area contributed by atoms with E-state index < -0.39 is 35.0 Å². The van der Waals surface area contributed by atoms with Crippen LogP contribution in [-0.2, 0) is 53.4 Å². The summed E-state index contributed by atoms with van der Waals surface area (Å²) in [5.41, 5.74) is 8.35. The SMILES string of the molecule is Cc1ccc(C(F)S(=O)(=O)c2nc3ccccc3s2)nc1.Cc1ccc(CO)nc1.Cc1ccc(CS(=O)(=O)c2nc3ccccc3s2)[n+](O)c1.Cc1ccc(CS(=O)(=O)c2nc3ccccc3s2)nc1.Cc1ccc(CSc2nc3ccccc3s2)nc1. The van der Waals surface area contributed by atoms with E-state index in [0.29, 0.717) is 32.6 Å². The number of benzene rings is 4. The van der Waals surface area contributed by atoms with Crippen LogP contribution in [0.1, 0.15) is 61.8 Å². The van der Waals surface area contributed by atoms with Crippen LogP contribution in [-0.4, -0.2) is 75.4 Å². The Balaban J connectivity index is 0.000000135. The first-order valence-corrected chi connectivity index (χ1v) is 36.1. The number of sulfone groups is 3. The molecule has 1 unspecified atom stereocenters. The summed E-state index contributed by atoms with van der Waals surface area (Å²) in [7, 11) is -11.2. The van der Waals surface area contributed by atoms with Crippen LogP contribution in [0, 0.1) is 34.6 Å². The minimum atomic E-state index is -4.19. The summed E-state index contributed by atoms with van der Waals surface area (Å²) >= 11 is 6.80. The highest BCUT2D eigenvalue weighted by atomic mass is 32.2. The number of aliphatic hydroxyl groups is 1. The number of aryl methyl sites for hydroxylation is 5. The Morgan fingerprint density at radius 2 is 0.865 bits per heavy atom. The Labute approximate surface area is 534 Å². The molecule has 0 spiro atoms. The van der Waals surface area contributed by atoms with Gasteiger partial charge in [-0.05, 0) is 136 Å². The van der Waals surface area contributed by atoms with E-state index in [0.717, 1.165) is 86.1 Å². The predicted octanol–water partition coefficient (Wildman–Crippen LogP) is 13.7. The largest absolute Gasteiger partial charge is 0.390 e. The number of aliphatic hydroxyl groups excluding tert-OH is 1. The van der Waals surface area contributed by atoms with Gasteiger partial charge in [0, 0.05) is 46.9 Å². The van der Waals surface area contributed by atoms with Gasteiger partial charge >= 0.3 is 0 Å². The number of thiazole rings is 4. The number of rotatable bonds is 13. The summed E-state index contributed by atoms with van der Waals surface area (Å²) in [4.78, 5) is 33.3. The lowest BCUT2D eigenvalue weighted by Gasteiger charge is -2.07. The highest BCUT2D eigenvalue weighted by molar-refractivity contribution is 8.00. The van der Waals surface area contributed by atoms with Gasteiger partial charge in [-0.1, -0.05) is 84.6 Å². The van der Waals surface area contributed by atoms with Crippen molar-refractivity contribution in [3.05, 3.63) is 245 Å². The Kier molecular flexibility index (Phi) is 21.8. The minimum absolute atomic E-state index is 0.0281. The topological polar surface area (TPSA) is 250 Å². The minimum Gasteiger partial charge on any atom is -0.390 e. The van der Waals surface area contributed by atoms with Gasteiger partial charge in [0.15, 0.2) is 4.34 Å². The third-order valence-electron chi connectivity index (χ3n) is 12.6. The number of thioether (sulfide) groups is 1. The average Bonchev–Trinajstić information content (AvgIpc) is 2.94. The van der Waals surface area contributed by atoms with Gasteiger partial charge in [0.1, 0.15) is 5.75 Å². The lowest BCUT2D eigenvalue weighted by molar-refractivity contribution is -0.909. The van der Waals surface area contributed by atoms with Gasteiger partial charge in [-0.25, -0.2) is 49.6 Å². The van der Waals surface area contributed by atoms with Crippen molar-refractivity contribution in [3.63, 3.8) is 0 Å². The van der Waals surface area contributed by atoms with Crippen LogP contribution in [0.4, 0.5) is 4.39 Å². The third-order valence-corrected chi connectivity index (χ3v) is 24.2. The molecule has 17 nitrogen and oxygen atoms in total. The summed E-state index contributed by atoms with van der Waals surface area (Å²) in [5, 5.41) is 18.3. The zero-order valence-corrected chi connectivity index (χ0v) is 54.8. The molecular formula is C63H57FN9O8S8+. The summed E-state index contributed by atoms with van der Waals surface area (Å²) < 4.78 is 94.2. The quantitative estimate of drug-likeness (QED) is 0.0618. The van der Waals surface area contributed by atoms with Gasteiger partial charge in [0.25, 0.3) is 0 Å². The molecule has 1 atom stereocenters. The lowest BCUT2D eigenvalue weighted by Crippen LogP contribution is -2.36. The Bertz CT molecular complexity index is 4750. The van der Waals surface area contributed by atoms with Gasteiger partial charge in [-0.15, -0.1) is 45.3 Å². The van der Waals surface area contributed by atoms with Crippen LogP contribution in [0.15, 0.2) is 206 Å². The molecule has 0 aliphatic rings. The van der Waals surface area contributed by atoms with Gasteiger partial charge in [-0.2, -0.15) is 0 Å². The van der Waals surface area contributed by atoms with Gasteiger partial charge < -0.3 is 5.11 Å². The predicted molar refractivity (Wildman–Crippen MR) is 351 cm³/mol. The molecule has 9 aromatic heterocycles. The molecule has 456 valence electrons. The van der Waals surface area contributed by atoms with E-state index in [1.54, 1.807) is 97.0 Å². The van der Waals surface area contributed by atoms with Crippen molar-refractivity contribution in [2.75, 3.05) is 0 Å². The number of para-hydroxylation sites is 4. The first kappa shape index (κ1) is 65.5. The van der Waals surface area contributed by atoms with Crippen molar-refractivity contribution < 1.29 is 44.7 Å². The van der Waals surface area contributed by atoms with Gasteiger partial charge in [0.05, 0.1) is 76.0 Å². The van der Waals surface area contributed by atoms with E-state index >= 15 is 0 Å². The molecule has 9 heterocycles. The number of halogens is 1. The maximum atomic E-state index is 14.4. The van der Waals surface area contributed by atoms with Crippen LogP contribution >= 0.6 is 57.1 Å². The number of aromatic nitrogens is 9. The average molecular weight is 1340 g/mol. The second kappa shape index (κ2) is 29.6. The molecule has 0 fully saturated rings. The fraction of sp³-hybridized carbons (Fsp3) is 0.159. The Morgan fingerprint density at radius 1 is 0.461 bits per heavy atom. The number of alkyl halides is 1. The van der Waals surface area contributed by atoms with Crippen molar-refractivity contribution in [1.29, 1.82) is 0 Å². The number of nitrogens with zero attached hydrogens (tertiary/aromatic N) is 9. The molecular weight excluding hydrogens is 1290 g/mol. The van der Waals surface area contributed by atoms with Crippen molar-refractivity contribution >= 4 is 127 Å². The molecule has 0 aliphatic heterocycles. The van der Waals surface area contributed by atoms with E-state index in [1.807, 2.05) is 93.7 Å². The summed E-state index contributed by atoms with van der Waals surface area (Å²) in [6.07, 6.45) is 8.24. The number of fused-ring (bicyclic) bond motifs is 4. The molecule has 0 bridgehead atoms. The molecule has 2 N–H and O–H groups in total. The number of hydrogen-bond acceptors (Lipinski definition) is 21. The zero-order chi connectivity index (χ0) is 63.3. The summed E-state index contributed by atoms with van der Waals surface area (Å²) in [5.74, 6) is 0.469. The van der Waals surface area contributed by atoms with Crippen molar-refractivity contribution in [3.8, 4) is 0 Å². The first-order chi connectivity index (χ1) is 42.6. The van der Waals surface area contributed by atoms with E-state index in [2.05, 4.69) is 77.1 Å². The van der Waals surface area contributed by atoms with E-state index in [4.69, 9.17) is 5.11 Å². The fourth-order valence-electron chi connectivity index (χ4n) is 7.86. The monoisotopic (exact) mass is 1340 g/mol. The van der Waals surface area contributed by atoms with E-state index in [1.165, 1.54) is 40.1 Å². The standard InChI is InChI=1S/C14H11FN2O2S2.C14H13N2O3S2.C14H12N2O2S2.C14H12N2S2.C7H9NO/c1-9-6-7-11(16-8-9)13(15)21(18,19)14-17-10-4-2-3-5-12(10)20-14;1-10-6-7-11(16(17)8-10)9-21(18,19)14-15-12-4-2-3-5-13(12)20-14;1-10-6-7-11(15-8-10)9-20(17,18)14-16-12-4-2-3-5-13(12)19-14;1-10-6-7-11(15-8-10)9-17-14-16-12-4-2-3-5-13(12)18-14;1-6-2-3-7(5-9)8-4-6/h2-8,13H,1H3;2-8,17H,9H2,1H3;2-8H,9H2,1H3;2-8H,9H2,1H3;2-4,9H,5H2,1H3/q;+1;;;. The summed E-state index contributed by atoms with van der Waals surface area (Å²) in [6, 6.07) is 47.8. The van der Waals surface area contributed by atoms with Crippen molar-refractivity contribution in [2.24, 2.45) is 0 Å². The van der Waals surface area contributed by atoms with Crippen LogP contribution < -0.4 is 4.73 Å². The highest BCUT2D eigenvalue weighted by Gasteiger charge is 2.33. The lowest BCUT2D eigenvalue weighted by atomic mass is 10.3. The molecule has 89 heavy (non-hydrogen) atoms. The normalized spacial score (nSPS) is 11.8. The zero-order valence-electron chi connectivity index (χ0n) is 48.3. The fourth-order valence-corrected chi connectivity index (χ4v) is 17.6. The highest BCUT2D eigenvalue weighted by Crippen LogP contribution is 2.35. The third kappa shape index (κ3) is 17.7. The molecule has 0 saturated heterocycles. The molecule has 13 rings (SSSR count). The molecule has 4 aromatic carbocycles. The molecule has 0 saturated carbocycles. The van der Waals surface area contributed by atoms with Crippen LogP contribution in [0.25, 0.3) is 40.9 Å². The van der Waals surface area contributed by atoms with E-state index in [9.17, 15) is 34.9 Å². The van der Waals surface area contributed by atoms with Crippen molar-refractivity contribution in [1.82, 2.24) is 39.9 Å².